The number of likely N-dealkylation sites (N-methyl/N-ethyl adjacent to an activating group) is 1. The van der Waals surface area contributed by atoms with E-state index in [2.05, 4.69) is 38.2 Å². The van der Waals surface area contributed by atoms with Crippen LogP contribution >= 0.6 is 0 Å². The molecule has 13 heteroatoms. The highest BCUT2D eigenvalue weighted by Gasteiger charge is 2.32. The van der Waals surface area contributed by atoms with Crippen LogP contribution in [0.25, 0.3) is 0 Å². The van der Waals surface area contributed by atoms with Crippen LogP contribution in [0.1, 0.15) is 73.5 Å². The van der Waals surface area contributed by atoms with Gasteiger partial charge in [-0.3, -0.25) is 24.0 Å². The molecule has 50 heavy (non-hydrogen) atoms. The second-order valence-corrected chi connectivity index (χ2v) is 12.5. The maximum atomic E-state index is 13.8. The normalized spacial score (nSPS) is 19.4. The molecule has 5 amide bonds. The molecule has 0 radical (unpaired) electrons. The van der Waals surface area contributed by atoms with Gasteiger partial charge in [0.2, 0.25) is 23.6 Å². The predicted molar refractivity (Wildman–Crippen MR) is 188 cm³/mol. The largest absolute Gasteiger partial charge is 0.493 e. The molecule has 1 aliphatic rings. The number of unbranched alkanes of at least 4 members (excludes halogenated alkanes) is 4. The molecular formula is C37H49N7O6. The molecule has 2 aromatic carbocycles. The number of nitrogens with one attached hydrogen (secondary N) is 5. The molecule has 0 spiro atoms. The van der Waals surface area contributed by atoms with E-state index in [0.29, 0.717) is 24.4 Å². The number of benzene rings is 2. The number of hydrogen-bond acceptors (Lipinski definition) is 7. The standard InChI is InChI=1S/C37H49N7O6/c1-3-4-5-6-12-19-44(2)37(49)31-23-33(45)41-30(22-27-24-38-25-40-27)36(48)42-29(21-26-14-8-7-9-15-26)35(47)39-18-13-20-50-32-17-11-10-16-28(32)34(46)43-31/h7-11,14-17,24-25,29-31H,3-6,12-13,18-23H2,1-2H3,(H,38,40)(H,39,47)(H,41,45)(H,42,48)(H,43,46)/t29-,30-,31-/m0/s1. The van der Waals surface area contributed by atoms with Crippen molar-refractivity contribution in [2.75, 3.05) is 26.7 Å². The van der Waals surface area contributed by atoms with E-state index in [-0.39, 0.29) is 31.6 Å². The van der Waals surface area contributed by atoms with E-state index in [1.807, 2.05) is 30.3 Å². The van der Waals surface area contributed by atoms with E-state index >= 15 is 0 Å². The summed E-state index contributed by atoms with van der Waals surface area (Å²) in [7, 11) is 1.65. The molecule has 4 rings (SSSR count). The van der Waals surface area contributed by atoms with Crippen molar-refractivity contribution in [3.8, 4) is 5.75 Å². The van der Waals surface area contributed by atoms with Crippen molar-refractivity contribution in [2.24, 2.45) is 0 Å². The van der Waals surface area contributed by atoms with Crippen LogP contribution < -0.4 is 26.0 Å². The Morgan fingerprint density at radius 3 is 2.38 bits per heavy atom. The first-order valence-corrected chi connectivity index (χ1v) is 17.4. The summed E-state index contributed by atoms with van der Waals surface area (Å²) in [4.78, 5) is 76.8. The van der Waals surface area contributed by atoms with Gasteiger partial charge in [0, 0.05) is 44.9 Å². The van der Waals surface area contributed by atoms with Crippen molar-refractivity contribution in [1.29, 1.82) is 0 Å². The Morgan fingerprint density at radius 2 is 1.62 bits per heavy atom. The third kappa shape index (κ3) is 11.7. The number of H-pyrrole nitrogens is 1. The van der Waals surface area contributed by atoms with E-state index in [4.69, 9.17) is 4.74 Å². The number of ether oxygens (including phenoxy) is 1. The number of nitrogens with zero attached hydrogens (tertiary/aromatic N) is 2. The van der Waals surface area contributed by atoms with Crippen LogP contribution in [0.2, 0.25) is 0 Å². The summed E-state index contributed by atoms with van der Waals surface area (Å²) < 4.78 is 5.93. The molecule has 0 saturated heterocycles. The minimum Gasteiger partial charge on any atom is -0.493 e. The highest BCUT2D eigenvalue weighted by atomic mass is 16.5. The van der Waals surface area contributed by atoms with Gasteiger partial charge in [-0.2, -0.15) is 0 Å². The predicted octanol–water partition coefficient (Wildman–Crippen LogP) is 2.68. The fourth-order valence-corrected chi connectivity index (χ4v) is 5.73. The fraction of sp³-hybridized carbons (Fsp3) is 0.459. The highest BCUT2D eigenvalue weighted by molar-refractivity contribution is 6.01. The summed E-state index contributed by atoms with van der Waals surface area (Å²) in [5.74, 6) is -2.30. The van der Waals surface area contributed by atoms with Gasteiger partial charge in [0.15, 0.2) is 0 Å². The van der Waals surface area contributed by atoms with Crippen molar-refractivity contribution in [3.05, 3.63) is 83.9 Å². The van der Waals surface area contributed by atoms with Crippen molar-refractivity contribution in [1.82, 2.24) is 36.1 Å². The first-order valence-electron chi connectivity index (χ1n) is 17.4. The maximum absolute atomic E-state index is 13.8. The van der Waals surface area contributed by atoms with Gasteiger partial charge in [0.1, 0.15) is 23.9 Å². The molecule has 0 unspecified atom stereocenters. The summed E-state index contributed by atoms with van der Waals surface area (Å²) in [6.07, 6.45) is 8.30. The number of carbonyl (C=O) groups is 5. The van der Waals surface area contributed by atoms with E-state index in [1.54, 1.807) is 37.5 Å². The van der Waals surface area contributed by atoms with Crippen LogP contribution in [-0.2, 0) is 32.0 Å². The van der Waals surface area contributed by atoms with Crippen LogP contribution in [0.15, 0.2) is 67.1 Å². The number of fused-ring (bicyclic) bond motifs is 1. The maximum Gasteiger partial charge on any atom is 0.255 e. The van der Waals surface area contributed by atoms with Gasteiger partial charge < -0.3 is 35.9 Å². The number of amides is 5. The zero-order chi connectivity index (χ0) is 35.7. The molecule has 0 fully saturated rings. The van der Waals surface area contributed by atoms with Gasteiger partial charge >= 0.3 is 0 Å². The minimum atomic E-state index is -1.22. The van der Waals surface area contributed by atoms with E-state index in [1.165, 1.54) is 11.2 Å². The molecule has 5 N–H and O–H groups in total. The Kier molecular flexibility index (Phi) is 14.8. The van der Waals surface area contributed by atoms with Gasteiger partial charge in [-0.1, -0.05) is 75.1 Å². The third-order valence-corrected chi connectivity index (χ3v) is 8.52. The average Bonchev–Trinajstić information content (AvgIpc) is 3.63. The zero-order valence-electron chi connectivity index (χ0n) is 28.9. The monoisotopic (exact) mass is 687 g/mol. The van der Waals surface area contributed by atoms with Crippen LogP contribution in [-0.4, -0.2) is 89.3 Å². The van der Waals surface area contributed by atoms with Gasteiger partial charge in [-0.25, -0.2) is 4.98 Å². The number of imidazole rings is 1. The number of hydrogen-bond donors (Lipinski definition) is 5. The molecule has 268 valence electrons. The quantitative estimate of drug-likeness (QED) is 0.193. The van der Waals surface area contributed by atoms with E-state index in [0.717, 1.165) is 37.7 Å². The SMILES string of the molecule is CCCCCCCN(C)C(=O)[C@@H]1CC(=O)N[C@@H](Cc2cnc[nH]2)C(=O)N[C@@H](Cc2ccccc2)C(=O)NCCCOc2ccccc2C(=O)N1. The lowest BCUT2D eigenvalue weighted by Crippen LogP contribution is -2.56. The molecule has 0 saturated carbocycles. The molecular weight excluding hydrogens is 638 g/mol. The number of para-hydroxylation sites is 1. The summed E-state index contributed by atoms with van der Waals surface area (Å²) in [6.45, 7) is 3.04. The second-order valence-electron chi connectivity index (χ2n) is 12.5. The summed E-state index contributed by atoms with van der Waals surface area (Å²) in [5, 5.41) is 11.2. The van der Waals surface area contributed by atoms with Crippen LogP contribution in [0.4, 0.5) is 0 Å². The molecule has 3 atom stereocenters. The van der Waals surface area contributed by atoms with Crippen molar-refractivity contribution in [3.63, 3.8) is 0 Å². The molecule has 0 bridgehead atoms. The van der Waals surface area contributed by atoms with Crippen LogP contribution in [0.5, 0.6) is 5.75 Å². The average molecular weight is 688 g/mol. The number of aromatic nitrogens is 2. The Balaban J connectivity index is 1.62. The lowest BCUT2D eigenvalue weighted by atomic mass is 10.0. The third-order valence-electron chi connectivity index (χ3n) is 8.52. The first kappa shape index (κ1) is 37.6. The van der Waals surface area contributed by atoms with Gasteiger partial charge in [-0.15, -0.1) is 0 Å². The molecule has 0 aliphatic carbocycles. The van der Waals surface area contributed by atoms with Crippen molar-refractivity contribution >= 4 is 29.5 Å². The zero-order valence-corrected chi connectivity index (χ0v) is 28.9. The Labute approximate surface area is 293 Å². The number of aromatic amines is 1. The lowest BCUT2D eigenvalue weighted by molar-refractivity contribution is -0.136. The van der Waals surface area contributed by atoms with Crippen LogP contribution in [0, 0.1) is 0 Å². The highest BCUT2D eigenvalue weighted by Crippen LogP contribution is 2.19. The Morgan fingerprint density at radius 1 is 0.880 bits per heavy atom. The summed E-state index contributed by atoms with van der Waals surface area (Å²) in [5.41, 5.74) is 1.63. The van der Waals surface area contributed by atoms with Crippen LogP contribution in [0.3, 0.4) is 0 Å². The number of carbonyl (C=O) groups excluding carboxylic acids is 5. The smallest absolute Gasteiger partial charge is 0.255 e. The Bertz CT molecular complexity index is 1550. The minimum absolute atomic E-state index is 0.0462. The van der Waals surface area contributed by atoms with Crippen molar-refractivity contribution in [2.45, 2.75) is 82.8 Å². The topological polar surface area (TPSA) is 175 Å². The van der Waals surface area contributed by atoms with E-state index < -0.39 is 54.1 Å². The van der Waals surface area contributed by atoms with Gasteiger partial charge in [0.05, 0.1) is 24.9 Å². The second kappa shape index (κ2) is 19.7. The molecule has 1 aliphatic heterocycles. The van der Waals surface area contributed by atoms with Gasteiger partial charge in [-0.05, 0) is 30.5 Å². The first-order chi connectivity index (χ1) is 24.2. The van der Waals surface area contributed by atoms with Gasteiger partial charge in [0.25, 0.3) is 5.91 Å². The van der Waals surface area contributed by atoms with E-state index in [9.17, 15) is 24.0 Å². The Hall–Kier alpha value is -5.20. The molecule has 3 aromatic rings. The summed E-state index contributed by atoms with van der Waals surface area (Å²) >= 11 is 0. The summed E-state index contributed by atoms with van der Waals surface area (Å²) in [6, 6.07) is 12.7. The number of rotatable bonds is 11. The molecule has 2 heterocycles. The lowest BCUT2D eigenvalue weighted by Gasteiger charge is -2.26. The fourth-order valence-electron chi connectivity index (χ4n) is 5.73. The molecule has 13 nitrogen and oxygen atoms in total. The molecule has 1 aromatic heterocycles. The van der Waals surface area contributed by atoms with Crippen molar-refractivity contribution < 1.29 is 28.7 Å².